The zero-order chi connectivity index (χ0) is 16.4. The number of aromatic nitrogens is 4. The summed E-state index contributed by atoms with van der Waals surface area (Å²) in [5.41, 5.74) is 1.75. The molecule has 8 heteroatoms. The van der Waals surface area contributed by atoms with E-state index in [4.69, 9.17) is 0 Å². The Kier molecular flexibility index (Phi) is 4.33. The first kappa shape index (κ1) is 15.5. The molecule has 3 rings (SSSR count). The minimum Gasteiger partial charge on any atom is -0.322 e. The number of carbonyl (C=O) groups is 1. The second-order valence-corrected chi connectivity index (χ2v) is 5.93. The third kappa shape index (κ3) is 3.36. The predicted molar refractivity (Wildman–Crippen MR) is 91.0 cm³/mol. The quantitative estimate of drug-likeness (QED) is 0.658. The van der Waals surface area contributed by atoms with Gasteiger partial charge in [-0.05, 0) is 76.3 Å². The molecule has 0 atom stereocenters. The van der Waals surface area contributed by atoms with Crippen molar-refractivity contribution in [2.75, 3.05) is 5.32 Å². The van der Waals surface area contributed by atoms with Crippen LogP contribution in [0.15, 0.2) is 42.5 Å². The minimum atomic E-state index is -0.373. The van der Waals surface area contributed by atoms with Crippen LogP contribution in [-0.2, 0) is 0 Å². The number of aryl methyl sites for hydroxylation is 1. The van der Waals surface area contributed by atoms with E-state index in [-0.39, 0.29) is 11.7 Å². The van der Waals surface area contributed by atoms with Crippen LogP contribution in [0.4, 0.5) is 10.1 Å². The van der Waals surface area contributed by atoms with E-state index in [1.807, 2.05) is 28.7 Å². The van der Waals surface area contributed by atoms with Gasteiger partial charge in [-0.25, -0.2) is 4.39 Å². The van der Waals surface area contributed by atoms with Crippen molar-refractivity contribution >= 4 is 34.2 Å². The normalized spacial score (nSPS) is 10.6. The second kappa shape index (κ2) is 6.41. The molecule has 0 aliphatic carbocycles. The third-order valence-electron chi connectivity index (χ3n) is 3.15. The molecular weight excluding hydrogens is 412 g/mol. The first-order chi connectivity index (χ1) is 11.0. The van der Waals surface area contributed by atoms with E-state index in [9.17, 15) is 9.18 Å². The van der Waals surface area contributed by atoms with Crippen molar-refractivity contribution in [3.63, 3.8) is 0 Å². The van der Waals surface area contributed by atoms with Crippen LogP contribution in [0, 0.1) is 16.3 Å². The first-order valence-electron chi connectivity index (χ1n) is 6.66. The van der Waals surface area contributed by atoms with Crippen molar-refractivity contribution in [2.24, 2.45) is 0 Å². The molecule has 3 aromatic rings. The number of rotatable bonds is 3. The Bertz CT molecular complexity index is 880. The average molecular weight is 423 g/mol. The first-order valence-corrected chi connectivity index (χ1v) is 7.74. The van der Waals surface area contributed by atoms with Crippen LogP contribution in [0.3, 0.4) is 0 Å². The number of benzene rings is 2. The number of tetrazole rings is 1. The molecule has 0 fully saturated rings. The standard InChI is InChI=1S/C15H11FIN5O/c1-9-19-20-21-22(9)12-4-2-3-11(8-12)18-15(23)13-6-5-10(16)7-14(13)17/h2-8H,1H3,(H,18,23). The zero-order valence-corrected chi connectivity index (χ0v) is 14.2. The summed E-state index contributed by atoms with van der Waals surface area (Å²) in [5.74, 6) is -0.0383. The molecule has 0 radical (unpaired) electrons. The van der Waals surface area contributed by atoms with Gasteiger partial charge < -0.3 is 5.32 Å². The van der Waals surface area contributed by atoms with Crippen LogP contribution in [0.25, 0.3) is 5.69 Å². The maximum Gasteiger partial charge on any atom is 0.256 e. The molecule has 116 valence electrons. The smallest absolute Gasteiger partial charge is 0.256 e. The highest BCUT2D eigenvalue weighted by Gasteiger charge is 2.12. The van der Waals surface area contributed by atoms with Gasteiger partial charge in [-0.15, -0.1) is 5.10 Å². The molecule has 0 saturated carbocycles. The number of halogens is 2. The molecule has 23 heavy (non-hydrogen) atoms. The van der Waals surface area contributed by atoms with Crippen molar-refractivity contribution in [1.82, 2.24) is 20.2 Å². The number of hydrogen-bond donors (Lipinski definition) is 1. The van der Waals surface area contributed by atoms with Gasteiger partial charge >= 0.3 is 0 Å². The third-order valence-corrected chi connectivity index (χ3v) is 4.04. The van der Waals surface area contributed by atoms with E-state index in [0.29, 0.717) is 20.6 Å². The number of hydrogen-bond acceptors (Lipinski definition) is 4. The van der Waals surface area contributed by atoms with Crippen LogP contribution < -0.4 is 5.32 Å². The number of anilines is 1. The van der Waals surface area contributed by atoms with Crippen LogP contribution in [-0.4, -0.2) is 26.1 Å². The van der Waals surface area contributed by atoms with Crippen molar-refractivity contribution in [1.29, 1.82) is 0 Å². The van der Waals surface area contributed by atoms with Gasteiger partial charge in [0, 0.05) is 9.26 Å². The van der Waals surface area contributed by atoms with E-state index >= 15 is 0 Å². The van der Waals surface area contributed by atoms with E-state index < -0.39 is 0 Å². The van der Waals surface area contributed by atoms with Crippen LogP contribution in [0.2, 0.25) is 0 Å². The number of nitrogens with zero attached hydrogens (tertiary/aromatic N) is 4. The van der Waals surface area contributed by atoms with Gasteiger partial charge in [-0.3, -0.25) is 4.79 Å². The lowest BCUT2D eigenvalue weighted by molar-refractivity contribution is 0.102. The fraction of sp³-hybridized carbons (Fsp3) is 0.0667. The molecule has 0 aliphatic rings. The van der Waals surface area contributed by atoms with Gasteiger partial charge in [0.05, 0.1) is 11.3 Å². The number of amides is 1. The molecule has 1 amide bonds. The highest BCUT2D eigenvalue weighted by Crippen LogP contribution is 2.18. The summed E-state index contributed by atoms with van der Waals surface area (Å²) < 4.78 is 15.2. The van der Waals surface area contributed by atoms with Crippen molar-refractivity contribution in [3.05, 3.63) is 63.2 Å². The monoisotopic (exact) mass is 423 g/mol. The lowest BCUT2D eigenvalue weighted by Crippen LogP contribution is -2.14. The Morgan fingerprint density at radius 2 is 2.09 bits per heavy atom. The van der Waals surface area contributed by atoms with E-state index in [2.05, 4.69) is 20.8 Å². The molecule has 0 aliphatic heterocycles. The lowest BCUT2D eigenvalue weighted by atomic mass is 10.2. The number of nitrogens with one attached hydrogen (secondary N) is 1. The maximum absolute atomic E-state index is 13.1. The molecule has 0 spiro atoms. The van der Waals surface area contributed by atoms with Crippen molar-refractivity contribution < 1.29 is 9.18 Å². The van der Waals surface area contributed by atoms with Gasteiger partial charge in [0.15, 0.2) is 5.82 Å². The van der Waals surface area contributed by atoms with E-state index in [1.54, 1.807) is 29.8 Å². The fourth-order valence-electron chi connectivity index (χ4n) is 2.06. The van der Waals surface area contributed by atoms with Gasteiger partial charge in [0.2, 0.25) is 0 Å². The molecule has 0 saturated heterocycles. The van der Waals surface area contributed by atoms with Crippen LogP contribution in [0.1, 0.15) is 16.2 Å². The topological polar surface area (TPSA) is 72.7 Å². The highest BCUT2D eigenvalue weighted by atomic mass is 127. The summed E-state index contributed by atoms with van der Waals surface area (Å²) in [6, 6.07) is 11.2. The van der Waals surface area contributed by atoms with Crippen LogP contribution in [0.5, 0.6) is 0 Å². The molecular formula is C15H11FIN5O. The summed E-state index contributed by atoms with van der Waals surface area (Å²) >= 11 is 1.93. The summed E-state index contributed by atoms with van der Waals surface area (Å²) in [5, 5.41) is 14.1. The molecule has 0 unspecified atom stereocenters. The van der Waals surface area contributed by atoms with Gasteiger partial charge in [-0.2, -0.15) is 4.68 Å². The molecule has 6 nitrogen and oxygen atoms in total. The van der Waals surface area contributed by atoms with E-state index in [0.717, 1.165) is 5.69 Å². The molecule has 0 bridgehead atoms. The molecule has 2 aromatic carbocycles. The highest BCUT2D eigenvalue weighted by molar-refractivity contribution is 14.1. The largest absolute Gasteiger partial charge is 0.322 e. The van der Waals surface area contributed by atoms with Crippen LogP contribution >= 0.6 is 22.6 Å². The number of carbonyl (C=O) groups excluding carboxylic acids is 1. The average Bonchev–Trinajstić information content (AvgIpc) is 2.93. The maximum atomic E-state index is 13.1. The van der Waals surface area contributed by atoms with Gasteiger partial charge in [-0.1, -0.05) is 6.07 Å². The van der Waals surface area contributed by atoms with Crippen molar-refractivity contribution in [2.45, 2.75) is 6.92 Å². The SMILES string of the molecule is Cc1nnnn1-c1cccc(NC(=O)c2ccc(F)cc2I)c1. The van der Waals surface area contributed by atoms with Gasteiger partial charge in [0.1, 0.15) is 5.82 Å². The Morgan fingerprint density at radius 3 is 2.78 bits per heavy atom. The summed E-state index contributed by atoms with van der Waals surface area (Å²) in [6.07, 6.45) is 0. The summed E-state index contributed by atoms with van der Waals surface area (Å²) in [4.78, 5) is 12.3. The fourth-order valence-corrected chi connectivity index (χ4v) is 2.78. The molecule has 1 aromatic heterocycles. The molecule has 1 heterocycles. The Balaban J connectivity index is 1.86. The second-order valence-electron chi connectivity index (χ2n) is 4.77. The summed E-state index contributed by atoms with van der Waals surface area (Å²) in [7, 11) is 0. The van der Waals surface area contributed by atoms with Crippen molar-refractivity contribution in [3.8, 4) is 5.69 Å². The Hall–Kier alpha value is -2.36. The zero-order valence-electron chi connectivity index (χ0n) is 12.0. The Labute approximate surface area is 144 Å². The minimum absolute atomic E-state index is 0.306. The summed E-state index contributed by atoms with van der Waals surface area (Å²) in [6.45, 7) is 1.78. The van der Waals surface area contributed by atoms with Gasteiger partial charge in [0.25, 0.3) is 5.91 Å². The molecule has 1 N–H and O–H groups in total. The predicted octanol–water partition coefficient (Wildman–Crippen LogP) is 2.97. The Morgan fingerprint density at radius 1 is 1.26 bits per heavy atom. The lowest BCUT2D eigenvalue weighted by Gasteiger charge is -2.09. The van der Waals surface area contributed by atoms with E-state index in [1.165, 1.54) is 18.2 Å².